The van der Waals surface area contributed by atoms with Crippen LogP contribution in [0.2, 0.25) is 0 Å². The van der Waals surface area contributed by atoms with Crippen molar-refractivity contribution in [1.29, 1.82) is 0 Å². The van der Waals surface area contributed by atoms with Crippen molar-refractivity contribution < 1.29 is 59.5 Å². The van der Waals surface area contributed by atoms with Crippen molar-refractivity contribution in [1.82, 2.24) is 10.2 Å². The Bertz CT molecular complexity index is 2250. The van der Waals surface area contributed by atoms with Gasteiger partial charge in [-0.1, -0.05) is 31.9 Å². The summed E-state index contributed by atoms with van der Waals surface area (Å²) in [5.74, 6) is 0.875. The number of Topliss-reactive ketones (excluding diaryl/α,β-unsaturated/α-hetero) is 1. The van der Waals surface area contributed by atoms with Gasteiger partial charge in [-0.3, -0.25) is 14.9 Å². The van der Waals surface area contributed by atoms with E-state index in [1.807, 2.05) is 19.1 Å². The summed E-state index contributed by atoms with van der Waals surface area (Å²) in [6.45, 7) is 6.54. The molecule has 4 heterocycles. The minimum absolute atomic E-state index is 0.0347. The van der Waals surface area contributed by atoms with Crippen molar-refractivity contribution in [3.8, 4) is 17.6 Å². The minimum atomic E-state index is -3.02. The highest BCUT2D eigenvalue weighted by Crippen LogP contribution is 2.77. The van der Waals surface area contributed by atoms with Crippen LogP contribution >= 0.6 is 0 Å². The Morgan fingerprint density at radius 3 is 2.47 bits per heavy atom. The third kappa shape index (κ3) is 5.85. The molecule has 4 saturated carbocycles. The van der Waals surface area contributed by atoms with Crippen molar-refractivity contribution in [2.75, 3.05) is 33.5 Å². The van der Waals surface area contributed by atoms with Crippen LogP contribution in [0.15, 0.2) is 35.4 Å². The Balaban J connectivity index is 1.05. The molecule has 7 fully saturated rings. The molecule has 11 rings (SSSR count). The number of benzene rings is 1. The molecule has 14 nitrogen and oxygen atoms in total. The fraction of sp³-hybridized carbons (Fsp3) is 0.769. The molecule has 1 amide bonds. The van der Waals surface area contributed by atoms with E-state index in [2.05, 4.69) is 24.1 Å². The molecule has 3 saturated heterocycles. The van der Waals surface area contributed by atoms with Crippen molar-refractivity contribution in [2.24, 2.45) is 51.2 Å². The lowest BCUT2D eigenvalue weighted by atomic mass is 9.37. The first-order valence-electron chi connectivity index (χ1n) is 24.9. The van der Waals surface area contributed by atoms with Crippen LogP contribution in [0.5, 0.6) is 5.75 Å². The summed E-state index contributed by atoms with van der Waals surface area (Å²) in [4.78, 5) is 32.1. The third-order valence-electron chi connectivity index (χ3n) is 20.6. The van der Waals surface area contributed by atoms with E-state index in [0.29, 0.717) is 95.1 Å². The van der Waals surface area contributed by atoms with E-state index in [0.717, 1.165) is 18.4 Å². The maximum absolute atomic E-state index is 15.2. The maximum Gasteiger partial charge on any atom is 0.240 e. The number of methoxy groups -OCH3 is 1. The van der Waals surface area contributed by atoms with Gasteiger partial charge in [0.2, 0.25) is 11.7 Å². The number of piperidine rings is 1. The molecular formula is C52H70N2O12. The number of carbonyl (C=O) groups excluding carboxylic acids is 2. The molecule has 0 aromatic heterocycles. The smallest absolute Gasteiger partial charge is 0.240 e. The molecule has 7 bridgehead atoms. The van der Waals surface area contributed by atoms with E-state index in [-0.39, 0.29) is 47.8 Å². The molecule has 1 spiro atoms. The van der Waals surface area contributed by atoms with E-state index in [1.165, 1.54) is 6.92 Å². The number of aliphatic hydroxyl groups is 6. The Hall–Kier alpha value is -2.94. The predicted octanol–water partition coefficient (Wildman–Crippen LogP) is 3.03. The number of phenolic OH excluding ortho intramolecular Hbond substituents is 1. The Kier molecular flexibility index (Phi) is 10.5. The monoisotopic (exact) mass is 914 g/mol. The van der Waals surface area contributed by atoms with E-state index in [4.69, 9.17) is 14.2 Å². The first kappa shape index (κ1) is 45.5. The van der Waals surface area contributed by atoms with Crippen molar-refractivity contribution >= 4 is 11.7 Å². The average Bonchev–Trinajstić information content (AvgIpc) is 3.60. The molecule has 0 unspecified atom stereocenters. The van der Waals surface area contributed by atoms with Crippen LogP contribution in [0.1, 0.15) is 116 Å². The van der Waals surface area contributed by atoms with Crippen molar-refractivity contribution in [2.45, 2.75) is 164 Å². The van der Waals surface area contributed by atoms with Gasteiger partial charge >= 0.3 is 0 Å². The van der Waals surface area contributed by atoms with Gasteiger partial charge in [-0.15, -0.1) is 5.92 Å². The minimum Gasteiger partial charge on any atom is -0.508 e. The van der Waals surface area contributed by atoms with Gasteiger partial charge < -0.3 is 54.9 Å². The molecule has 6 aliphatic carbocycles. The highest BCUT2D eigenvalue weighted by Gasteiger charge is 2.80. The molecule has 1 aromatic rings. The quantitative estimate of drug-likeness (QED) is 0.0856. The summed E-state index contributed by atoms with van der Waals surface area (Å²) in [6, 6.07) is 5.93. The SMILES string of the molecule is COCCCO[C@H]1CC[C@@]2(C)[C@@H](C1)C(=O)C1=C3[C@@]24C#CC[C@@H]2CN2C(=O)[C@@H]2N[C@H](O)[C@H]5O[C@@H]([C@H](CO)[C@H]5[C@]25CC[C@@H](c2ccc(O)cc2)C5)C(O)(O)[C@@](C)(O)[C@H]2C[C@@H](CC1)[C@]3(O)[C@]2(C)CC4. The van der Waals surface area contributed by atoms with Gasteiger partial charge in [0.15, 0.2) is 5.78 Å². The first-order chi connectivity index (χ1) is 31.3. The zero-order valence-electron chi connectivity index (χ0n) is 38.9. The average molecular weight is 915 g/mol. The first-order valence-corrected chi connectivity index (χ1v) is 24.9. The van der Waals surface area contributed by atoms with Gasteiger partial charge in [0, 0.05) is 74.4 Å². The number of amides is 1. The fourth-order valence-electron chi connectivity index (χ4n) is 17.1. The number of aromatic hydroxyl groups is 1. The van der Waals surface area contributed by atoms with Crippen LogP contribution in [0, 0.1) is 63.1 Å². The maximum atomic E-state index is 15.2. The van der Waals surface area contributed by atoms with Crippen LogP contribution in [-0.2, 0) is 23.8 Å². The normalized spacial score (nSPS) is 49.6. The van der Waals surface area contributed by atoms with Crippen LogP contribution in [-0.4, -0.2) is 139 Å². The van der Waals surface area contributed by atoms with Crippen molar-refractivity contribution in [3.63, 3.8) is 0 Å². The Morgan fingerprint density at radius 1 is 0.955 bits per heavy atom. The second-order valence-corrected chi connectivity index (χ2v) is 23.1. The van der Waals surface area contributed by atoms with Gasteiger partial charge in [0.25, 0.3) is 0 Å². The number of aliphatic hydroxyl groups excluding tert-OH is 2. The fourth-order valence-corrected chi connectivity index (χ4v) is 17.1. The lowest BCUT2D eigenvalue weighted by Crippen LogP contribution is -2.71. The Morgan fingerprint density at radius 2 is 1.73 bits per heavy atom. The summed E-state index contributed by atoms with van der Waals surface area (Å²) in [6.07, 6.45) is 2.56. The lowest BCUT2D eigenvalue weighted by molar-refractivity contribution is -0.345. The summed E-state index contributed by atoms with van der Waals surface area (Å²) in [5, 5.41) is 89.6. The number of rotatable bonds is 7. The zero-order chi connectivity index (χ0) is 46.6. The Labute approximate surface area is 387 Å². The van der Waals surface area contributed by atoms with E-state index >= 15 is 9.59 Å². The number of nitrogens with one attached hydrogen (secondary N) is 1. The number of ketones is 1. The van der Waals surface area contributed by atoms with Crippen LogP contribution in [0.25, 0.3) is 0 Å². The van der Waals surface area contributed by atoms with E-state index in [1.54, 1.807) is 24.1 Å². The number of fused-ring (bicyclic) bond motifs is 3. The second kappa shape index (κ2) is 15.3. The highest BCUT2D eigenvalue weighted by molar-refractivity contribution is 6.01. The van der Waals surface area contributed by atoms with Crippen molar-refractivity contribution in [3.05, 3.63) is 41.0 Å². The third-order valence-corrected chi connectivity index (χ3v) is 20.6. The van der Waals surface area contributed by atoms with Gasteiger partial charge in [-0.05, 0) is 130 Å². The number of hydrogen-bond donors (Lipinski definition) is 8. The number of phenols is 1. The molecule has 360 valence electrons. The molecule has 18 atom stereocenters. The summed E-state index contributed by atoms with van der Waals surface area (Å²) >= 11 is 0. The second-order valence-electron chi connectivity index (χ2n) is 23.1. The van der Waals surface area contributed by atoms with Crippen LogP contribution < -0.4 is 5.32 Å². The standard InChI is InChI=1S/C52H70N2O12/c1-46-17-15-33(65-22-6-21-64-4)24-36(46)39(57)34-13-10-30-23-37-47(2)19-20-50(46,41(34)51(30,47)61)16-5-7-31-26-54(31)45(59)42-49(18-14-29(25-49)28-8-11-32(56)12-9-28)38-35(27-55)43(52(62,63)48(37,3)60)66-40(38)44(58)53-42/h8-9,11-12,29-31,33,35-38,40,42-44,53,55-56,58,60-63H,6-7,10,13-15,17-27H2,1-4H3/t29-,30-,31-,33+,35-,36+,37+,38-,40+,42+,43+,44-,46+,47-,48+,49-,50+,51-,54?/m1/s1. The van der Waals surface area contributed by atoms with Gasteiger partial charge in [-0.25, -0.2) is 0 Å². The summed E-state index contributed by atoms with van der Waals surface area (Å²) in [5.41, 5.74) is -5.32. The predicted molar refractivity (Wildman–Crippen MR) is 238 cm³/mol. The molecule has 1 aromatic carbocycles. The van der Waals surface area contributed by atoms with Gasteiger partial charge in [0.1, 0.15) is 29.8 Å². The van der Waals surface area contributed by atoms with E-state index < -0.39 is 93.4 Å². The van der Waals surface area contributed by atoms with Gasteiger partial charge in [-0.2, -0.15) is 0 Å². The highest BCUT2D eigenvalue weighted by atomic mass is 16.6. The van der Waals surface area contributed by atoms with Gasteiger partial charge in [0.05, 0.1) is 29.2 Å². The number of carbonyl (C=O) groups is 2. The number of allylic oxidation sites excluding steroid dienone is 1. The lowest BCUT2D eigenvalue weighted by Gasteiger charge is -2.67. The van der Waals surface area contributed by atoms with Crippen LogP contribution in [0.4, 0.5) is 0 Å². The van der Waals surface area contributed by atoms with Crippen LogP contribution in [0.3, 0.4) is 0 Å². The summed E-state index contributed by atoms with van der Waals surface area (Å²) < 4.78 is 18.3. The molecular weight excluding hydrogens is 845 g/mol. The summed E-state index contributed by atoms with van der Waals surface area (Å²) in [7, 11) is 1.67. The largest absolute Gasteiger partial charge is 0.508 e. The zero-order valence-corrected chi connectivity index (χ0v) is 38.9. The molecule has 4 aliphatic heterocycles. The molecule has 0 radical (unpaired) electrons. The molecule has 66 heavy (non-hydrogen) atoms. The van der Waals surface area contributed by atoms with E-state index in [9.17, 15) is 35.7 Å². The topological polar surface area (TPSA) is 218 Å². The number of hydrogen-bond acceptors (Lipinski definition) is 13. The number of nitrogens with zero attached hydrogens (tertiary/aromatic N) is 1. The molecule has 8 N–H and O–H groups in total. The molecule has 14 heteroatoms. The number of ether oxygens (including phenoxy) is 3. The molecule has 10 aliphatic rings.